The Labute approximate surface area is 39.2 Å². The molecule has 0 rings (SSSR count). The number of rotatable bonds is 2. The molecular formula is C2H4O3P-. The number of carbonyl (C=O) groups excluding carboxylic acids is 1. The molecular weight excluding hydrogens is 103 g/mol. The molecule has 6 heavy (non-hydrogen) atoms. The summed E-state index contributed by atoms with van der Waals surface area (Å²) in [6.45, 7) is 0. The van der Waals surface area contributed by atoms with Crippen molar-refractivity contribution in [2.75, 3.05) is 6.35 Å². The van der Waals surface area contributed by atoms with Gasteiger partial charge in [-0.15, -0.1) is 0 Å². The van der Waals surface area contributed by atoms with E-state index in [-0.39, 0.29) is 6.35 Å². The van der Waals surface area contributed by atoms with Crippen molar-refractivity contribution < 1.29 is 15.9 Å². The van der Waals surface area contributed by atoms with Crippen LogP contribution in [-0.4, -0.2) is 12.8 Å². The van der Waals surface area contributed by atoms with Gasteiger partial charge in [0.05, 0.1) is 0 Å². The summed E-state index contributed by atoms with van der Waals surface area (Å²) in [7, 11) is 2.84. The van der Waals surface area contributed by atoms with Gasteiger partial charge in [-0.2, -0.15) is 0 Å². The average Bonchev–Trinajstić information content (AvgIpc) is 1.61. The topological polar surface area (TPSA) is 35.5 Å². The Morgan fingerprint density at radius 2 is 2.83 bits per heavy atom. The third kappa shape index (κ3) is 3.86. The first-order chi connectivity index (χ1) is 3.27. The zero-order valence-corrected chi connectivity index (χ0v) is 3.93. The Morgan fingerprint density at radius 1 is 2.17 bits per heavy atom. The van der Waals surface area contributed by atoms with Crippen LogP contribution in [0.3, 0.4) is 0 Å². The maximum atomic E-state index is 9.50. The molecule has 0 amide bonds. The summed E-state index contributed by atoms with van der Waals surface area (Å²) < 4.78 is 6.07. The summed E-state index contributed by atoms with van der Waals surface area (Å²) in [5, 5.41) is 0. The molecule has 0 bridgehead atoms. The molecule has 0 radical (unpaired) electrons. The van der Waals surface area contributed by atoms with Crippen LogP contribution in [0.5, 0.6) is 0 Å². The normalized spacial score (nSPS) is 9.83. The molecule has 0 aromatic carbocycles. The molecule has 0 saturated carbocycles. The summed E-state index contributed by atoms with van der Waals surface area (Å²) in [5.41, 5.74) is 0. The van der Waals surface area contributed by atoms with E-state index in [4.69, 9.17) is 1.37 Å². The van der Waals surface area contributed by atoms with E-state index in [9.17, 15) is 4.79 Å². The van der Waals surface area contributed by atoms with Gasteiger partial charge in [-0.1, -0.05) is 0 Å². The van der Waals surface area contributed by atoms with Crippen LogP contribution in [0.4, 0.5) is 0 Å². The predicted molar refractivity (Wildman–Crippen MR) is 21.4 cm³/mol. The van der Waals surface area contributed by atoms with E-state index in [0.29, 0.717) is 0 Å². The van der Waals surface area contributed by atoms with Gasteiger partial charge in [-0.05, 0) is 6.35 Å². The lowest BCUT2D eigenvalue weighted by atomic mass is 11.6. The van der Waals surface area contributed by atoms with Crippen molar-refractivity contribution in [1.29, 1.82) is 0 Å². The fourth-order valence-electron chi connectivity index (χ4n) is 0.0535. The maximum absolute atomic E-state index is 9.50. The van der Waals surface area contributed by atoms with Gasteiger partial charge >= 0.3 is 6.45 Å². The molecule has 0 aromatic heterocycles. The van der Waals surface area contributed by atoms with Gasteiger partial charge < -0.3 is 14.1 Å². The second kappa shape index (κ2) is 4.86. The lowest BCUT2D eigenvalue weighted by molar-refractivity contribution is -0.245. The summed E-state index contributed by atoms with van der Waals surface area (Å²) in [6.07, 6.45) is -1.11. The van der Waals surface area contributed by atoms with Crippen molar-refractivity contribution in [3.05, 3.63) is 0 Å². The fraction of sp³-hybridized carbons (Fsp3) is 0.500. The summed E-state index contributed by atoms with van der Waals surface area (Å²) >= 11 is 0. The zero-order chi connectivity index (χ0) is 5.70. The maximum Gasteiger partial charge on any atom is 0.330 e. The monoisotopic (exact) mass is 109 g/mol. The minimum absolute atomic E-state index is 0.0879. The van der Waals surface area contributed by atoms with Gasteiger partial charge in [0.15, 0.2) is 1.37 Å². The first kappa shape index (κ1) is 4.03. The molecule has 0 atom stereocenters. The second-order valence-corrected chi connectivity index (χ2v) is 0.718. The summed E-state index contributed by atoms with van der Waals surface area (Å²) in [4.78, 5) is 17.1. The highest BCUT2D eigenvalue weighted by molar-refractivity contribution is 7.16. The van der Waals surface area contributed by atoms with E-state index in [2.05, 4.69) is 19.0 Å². The molecule has 0 saturated heterocycles. The first-order valence-electron chi connectivity index (χ1n) is 1.72. The zero-order valence-electron chi connectivity index (χ0n) is 3.93. The van der Waals surface area contributed by atoms with Crippen LogP contribution in [0, 0.1) is 0 Å². The fourth-order valence-corrected chi connectivity index (χ4v) is 0.112. The largest absolute Gasteiger partial charge is 0.525 e. The van der Waals surface area contributed by atoms with Crippen LogP contribution in [0.15, 0.2) is 0 Å². The standard InChI is InChI=1S/C2H4O3P/c3-1-4-5-2-6/h1,6H,2H2/q-1/i1T. The average molecular weight is 109 g/mol. The van der Waals surface area contributed by atoms with Crippen molar-refractivity contribution in [3.8, 4) is 0 Å². The quantitative estimate of drug-likeness (QED) is 0.220. The minimum atomic E-state index is -1.20. The van der Waals surface area contributed by atoms with Crippen molar-refractivity contribution >= 4 is 15.7 Å². The van der Waals surface area contributed by atoms with Crippen molar-refractivity contribution in [2.24, 2.45) is 0 Å². The van der Waals surface area contributed by atoms with E-state index in [1.54, 1.807) is 0 Å². The molecule has 0 aliphatic carbocycles. The second-order valence-electron chi connectivity index (χ2n) is 0.429. The smallest absolute Gasteiger partial charge is 0.330 e. The van der Waals surface area contributed by atoms with Gasteiger partial charge in [-0.3, -0.25) is 4.79 Å². The Balaban J connectivity index is 2.82. The third-order valence-electron chi connectivity index (χ3n) is 0.152. The summed E-state index contributed by atoms with van der Waals surface area (Å²) in [6, 6.07) is 0. The van der Waals surface area contributed by atoms with Crippen LogP contribution in [0.2, 0.25) is 0 Å². The lowest BCUT2D eigenvalue weighted by Crippen LogP contribution is -1.85. The Morgan fingerprint density at radius 3 is 3.00 bits per heavy atom. The molecule has 36 valence electrons. The Bertz CT molecular complexity index is 66.0. The summed E-state index contributed by atoms with van der Waals surface area (Å²) in [5.74, 6) is 0. The van der Waals surface area contributed by atoms with Crippen LogP contribution < -0.4 is 0 Å². The molecule has 0 fully saturated rings. The van der Waals surface area contributed by atoms with Gasteiger partial charge in [0, 0.05) is 0 Å². The molecule has 4 heteroatoms. The molecule has 0 aliphatic heterocycles. The van der Waals surface area contributed by atoms with Crippen LogP contribution in [0.1, 0.15) is 1.37 Å². The van der Waals surface area contributed by atoms with Crippen molar-refractivity contribution in [2.45, 2.75) is 0 Å². The highest BCUT2D eigenvalue weighted by Gasteiger charge is 1.64. The van der Waals surface area contributed by atoms with E-state index in [1.165, 1.54) is 0 Å². The van der Waals surface area contributed by atoms with Gasteiger partial charge in [0.2, 0.25) is 0 Å². The molecule has 0 heterocycles. The van der Waals surface area contributed by atoms with E-state index in [1.807, 2.05) is 0 Å². The van der Waals surface area contributed by atoms with Gasteiger partial charge in [-0.25, -0.2) is 4.89 Å². The number of hydrogen-bond acceptors (Lipinski definition) is 3. The molecule has 3 nitrogen and oxygen atoms in total. The van der Waals surface area contributed by atoms with Gasteiger partial charge in [0.1, 0.15) is 0 Å². The van der Waals surface area contributed by atoms with E-state index >= 15 is 0 Å². The van der Waals surface area contributed by atoms with E-state index in [0.717, 1.165) is 0 Å². The van der Waals surface area contributed by atoms with Gasteiger partial charge in [0.25, 0.3) is 0 Å². The molecule has 0 spiro atoms. The van der Waals surface area contributed by atoms with Crippen LogP contribution in [0.25, 0.3) is 0 Å². The lowest BCUT2D eigenvalue weighted by Gasteiger charge is -1.94. The van der Waals surface area contributed by atoms with Crippen LogP contribution in [-0.2, 0) is 14.6 Å². The predicted octanol–water partition coefficient (Wildman–Crippen LogP) is 0.191. The molecule has 0 aromatic rings. The van der Waals surface area contributed by atoms with Crippen molar-refractivity contribution in [1.82, 2.24) is 0 Å². The highest BCUT2D eigenvalue weighted by atomic mass is 31.0. The molecule has 0 aliphatic rings. The third-order valence-corrected chi connectivity index (χ3v) is 0.270. The number of hydrogen-bond donors (Lipinski definition) is 0. The Kier molecular flexibility index (Phi) is 3.26. The highest BCUT2D eigenvalue weighted by Crippen LogP contribution is 1.79. The molecule has 0 N–H and O–H groups in total. The minimum Gasteiger partial charge on any atom is -0.525 e. The number of carbonyl (C=O) groups is 1. The van der Waals surface area contributed by atoms with Crippen LogP contribution >= 0.6 is 9.24 Å². The van der Waals surface area contributed by atoms with E-state index < -0.39 is 6.45 Å². The first-order valence-corrected chi connectivity index (χ1v) is 1.92. The van der Waals surface area contributed by atoms with Crippen molar-refractivity contribution in [3.63, 3.8) is 0 Å². The molecule has 0 unspecified atom stereocenters. The SMILES string of the molecule is [3H]C(=O)OOC[PH-]. The Hall–Kier alpha value is -0.140.